The maximum atomic E-state index is 12.5. The number of hydrogen-bond acceptors (Lipinski definition) is 3. The monoisotopic (exact) mass is 303 g/mol. The molecule has 7 heteroatoms. The molecule has 1 atom stereocenters. The molecule has 2 rings (SSSR count). The van der Waals surface area contributed by atoms with Crippen LogP contribution in [-0.2, 0) is 15.0 Å². The summed E-state index contributed by atoms with van der Waals surface area (Å²) in [5.74, 6) is 0.790. The molecule has 2 fully saturated rings. The van der Waals surface area contributed by atoms with Crippen LogP contribution in [0.15, 0.2) is 0 Å². The summed E-state index contributed by atoms with van der Waals surface area (Å²) in [4.78, 5) is 14.5. The van der Waals surface area contributed by atoms with Gasteiger partial charge in [-0.05, 0) is 31.6 Å². The van der Waals surface area contributed by atoms with Gasteiger partial charge < -0.3 is 4.90 Å². The lowest BCUT2D eigenvalue weighted by atomic mass is 9.92. The Morgan fingerprint density at radius 3 is 2.40 bits per heavy atom. The van der Waals surface area contributed by atoms with Crippen LogP contribution in [-0.4, -0.2) is 49.7 Å². The van der Waals surface area contributed by atoms with Crippen LogP contribution in [0.5, 0.6) is 0 Å². The van der Waals surface area contributed by atoms with Gasteiger partial charge in [-0.2, -0.15) is 12.7 Å². The molecule has 0 bridgehead atoms. The van der Waals surface area contributed by atoms with E-state index in [1.165, 1.54) is 10.7 Å². The van der Waals surface area contributed by atoms with E-state index in [4.69, 9.17) is 5.14 Å². The molecule has 2 saturated heterocycles. The normalized spacial score (nSPS) is 26.7. The van der Waals surface area contributed by atoms with E-state index in [0.717, 1.165) is 25.9 Å². The molecular formula is C13H25N3O3S. The van der Waals surface area contributed by atoms with Crippen molar-refractivity contribution in [3.63, 3.8) is 0 Å². The van der Waals surface area contributed by atoms with E-state index in [-0.39, 0.29) is 11.8 Å². The summed E-state index contributed by atoms with van der Waals surface area (Å²) in [5, 5.41) is 5.11. The molecule has 6 nitrogen and oxygen atoms in total. The van der Waals surface area contributed by atoms with E-state index in [1.807, 2.05) is 4.90 Å². The number of hydrogen-bond donors (Lipinski definition) is 1. The van der Waals surface area contributed by atoms with Gasteiger partial charge in [-0.3, -0.25) is 4.79 Å². The van der Waals surface area contributed by atoms with Crippen molar-refractivity contribution in [1.29, 1.82) is 0 Å². The second-order valence-electron chi connectivity index (χ2n) is 5.92. The first kappa shape index (κ1) is 15.7. The number of carbonyl (C=O) groups excluding carboxylic acids is 1. The van der Waals surface area contributed by atoms with Crippen molar-refractivity contribution in [2.75, 3.05) is 26.2 Å². The third-order valence-corrected chi connectivity index (χ3v) is 5.66. The maximum Gasteiger partial charge on any atom is 0.276 e. The van der Waals surface area contributed by atoms with E-state index in [0.29, 0.717) is 31.8 Å². The second-order valence-corrected chi connectivity index (χ2v) is 7.47. The fraction of sp³-hybridized carbons (Fsp3) is 0.923. The predicted octanol–water partition coefficient (Wildman–Crippen LogP) is 0.551. The molecule has 2 N–H and O–H groups in total. The molecule has 116 valence electrons. The Hall–Kier alpha value is -0.660. The number of rotatable bonds is 3. The van der Waals surface area contributed by atoms with Crippen molar-refractivity contribution >= 4 is 16.1 Å². The van der Waals surface area contributed by atoms with Crippen molar-refractivity contribution in [3.05, 3.63) is 0 Å². The summed E-state index contributed by atoms with van der Waals surface area (Å²) in [6, 6.07) is 0. The first-order valence-corrected chi connectivity index (χ1v) is 8.98. The molecule has 0 aromatic heterocycles. The lowest BCUT2D eigenvalue weighted by molar-refractivity contribution is -0.138. The Morgan fingerprint density at radius 1 is 1.20 bits per heavy atom. The average Bonchev–Trinajstić information content (AvgIpc) is 2.46. The van der Waals surface area contributed by atoms with E-state index in [1.54, 1.807) is 0 Å². The number of carbonyl (C=O) groups is 1. The number of nitrogens with zero attached hydrogens (tertiary/aromatic N) is 2. The molecule has 20 heavy (non-hydrogen) atoms. The van der Waals surface area contributed by atoms with Crippen LogP contribution in [0.25, 0.3) is 0 Å². The highest BCUT2D eigenvalue weighted by Crippen LogP contribution is 2.25. The van der Waals surface area contributed by atoms with Crippen LogP contribution in [0, 0.1) is 11.8 Å². The molecule has 0 radical (unpaired) electrons. The maximum absolute atomic E-state index is 12.5. The molecule has 0 aliphatic carbocycles. The molecule has 1 amide bonds. The van der Waals surface area contributed by atoms with E-state index < -0.39 is 10.2 Å². The molecule has 2 aliphatic heterocycles. The lowest BCUT2D eigenvalue weighted by Gasteiger charge is -2.37. The van der Waals surface area contributed by atoms with Crippen molar-refractivity contribution in [3.8, 4) is 0 Å². The Bertz CT molecular complexity index is 444. The average molecular weight is 303 g/mol. The summed E-state index contributed by atoms with van der Waals surface area (Å²) >= 11 is 0. The lowest BCUT2D eigenvalue weighted by Crippen LogP contribution is -2.48. The Kier molecular flexibility index (Phi) is 5.04. The predicted molar refractivity (Wildman–Crippen MR) is 77.0 cm³/mol. The second kappa shape index (κ2) is 6.41. The van der Waals surface area contributed by atoms with Crippen molar-refractivity contribution < 1.29 is 13.2 Å². The molecule has 2 heterocycles. The summed E-state index contributed by atoms with van der Waals surface area (Å²) in [6.07, 6.45) is 4.59. The fourth-order valence-corrected chi connectivity index (χ4v) is 3.93. The molecule has 0 spiro atoms. The van der Waals surface area contributed by atoms with Gasteiger partial charge in [-0.25, -0.2) is 5.14 Å². The smallest absolute Gasteiger partial charge is 0.276 e. The van der Waals surface area contributed by atoms with Crippen molar-refractivity contribution in [2.24, 2.45) is 17.0 Å². The number of nitrogens with two attached hydrogens (primary N) is 1. The van der Waals surface area contributed by atoms with Crippen LogP contribution >= 0.6 is 0 Å². The third-order valence-electron chi connectivity index (χ3n) is 4.57. The number of amides is 1. The highest BCUT2D eigenvalue weighted by Gasteiger charge is 2.33. The van der Waals surface area contributed by atoms with Crippen LogP contribution in [0.3, 0.4) is 0 Å². The summed E-state index contributed by atoms with van der Waals surface area (Å²) in [5.41, 5.74) is 0. The van der Waals surface area contributed by atoms with E-state index >= 15 is 0 Å². The van der Waals surface area contributed by atoms with Gasteiger partial charge >= 0.3 is 0 Å². The van der Waals surface area contributed by atoms with Gasteiger partial charge in [0.2, 0.25) is 5.91 Å². The van der Waals surface area contributed by atoms with Gasteiger partial charge in [0.15, 0.2) is 0 Å². The zero-order chi connectivity index (χ0) is 14.8. The standard InChI is InChI=1S/C13H25N3O3S/c1-2-11-4-3-7-15(10-11)13(17)12-5-8-16(9-6-12)20(14,18)19/h11-12H,2-10H2,1H3,(H2,14,18,19). The highest BCUT2D eigenvalue weighted by atomic mass is 32.2. The van der Waals surface area contributed by atoms with E-state index in [2.05, 4.69) is 6.92 Å². The van der Waals surface area contributed by atoms with Gasteiger partial charge in [0, 0.05) is 32.1 Å². The SMILES string of the molecule is CCC1CCCN(C(=O)C2CCN(S(N)(=O)=O)CC2)C1. The molecule has 0 saturated carbocycles. The van der Waals surface area contributed by atoms with Gasteiger partial charge in [-0.1, -0.05) is 13.3 Å². The molecule has 2 aliphatic rings. The molecule has 0 aromatic rings. The van der Waals surface area contributed by atoms with E-state index in [9.17, 15) is 13.2 Å². The van der Waals surface area contributed by atoms with Gasteiger partial charge in [0.25, 0.3) is 10.2 Å². The van der Waals surface area contributed by atoms with Gasteiger partial charge in [0.05, 0.1) is 0 Å². The topological polar surface area (TPSA) is 83.7 Å². The Labute approximate surface area is 121 Å². The molecule has 1 unspecified atom stereocenters. The first-order chi connectivity index (χ1) is 9.41. The zero-order valence-corrected chi connectivity index (χ0v) is 12.9. The van der Waals surface area contributed by atoms with Crippen LogP contribution in [0.4, 0.5) is 0 Å². The third kappa shape index (κ3) is 3.71. The van der Waals surface area contributed by atoms with Crippen molar-refractivity contribution in [1.82, 2.24) is 9.21 Å². The quantitative estimate of drug-likeness (QED) is 0.826. The Balaban J connectivity index is 1.88. The Morgan fingerprint density at radius 2 is 1.85 bits per heavy atom. The van der Waals surface area contributed by atoms with Crippen LogP contribution in [0.1, 0.15) is 39.0 Å². The molecule has 0 aromatic carbocycles. The highest BCUT2D eigenvalue weighted by molar-refractivity contribution is 7.86. The minimum atomic E-state index is -3.60. The van der Waals surface area contributed by atoms with Gasteiger partial charge in [-0.15, -0.1) is 0 Å². The molecular weight excluding hydrogens is 278 g/mol. The largest absolute Gasteiger partial charge is 0.342 e. The summed E-state index contributed by atoms with van der Waals surface area (Å²) < 4.78 is 23.8. The summed E-state index contributed by atoms with van der Waals surface area (Å²) in [6.45, 7) is 4.61. The minimum Gasteiger partial charge on any atom is -0.342 e. The van der Waals surface area contributed by atoms with Crippen LogP contribution in [0.2, 0.25) is 0 Å². The zero-order valence-electron chi connectivity index (χ0n) is 12.1. The number of piperidine rings is 2. The number of likely N-dealkylation sites (tertiary alicyclic amines) is 1. The van der Waals surface area contributed by atoms with Gasteiger partial charge in [0.1, 0.15) is 0 Å². The minimum absolute atomic E-state index is 0.0383. The summed E-state index contributed by atoms with van der Waals surface area (Å²) in [7, 11) is -3.60. The fourth-order valence-electron chi connectivity index (χ4n) is 3.21. The van der Waals surface area contributed by atoms with Crippen molar-refractivity contribution in [2.45, 2.75) is 39.0 Å². The van der Waals surface area contributed by atoms with Crippen LogP contribution < -0.4 is 5.14 Å². The first-order valence-electron chi connectivity index (χ1n) is 7.48.